The maximum Gasteiger partial charge on any atom is 0.237 e. The molecule has 0 bridgehead atoms. The van der Waals surface area contributed by atoms with Crippen LogP contribution in [0.1, 0.15) is 12.6 Å². The summed E-state index contributed by atoms with van der Waals surface area (Å²) < 4.78 is 10.6. The fourth-order valence-electron chi connectivity index (χ4n) is 2.35. The molecule has 2 rings (SSSR count). The highest BCUT2D eigenvalue weighted by Crippen LogP contribution is 2.18. The van der Waals surface area contributed by atoms with Crippen LogP contribution < -0.4 is 10.5 Å². The molecular weight excluding hydrogens is 246 g/mol. The fourth-order valence-corrected chi connectivity index (χ4v) is 2.35. The Hall–Kier alpha value is -1.66. The molecule has 1 aliphatic heterocycles. The van der Waals surface area contributed by atoms with Gasteiger partial charge in [0.15, 0.2) is 0 Å². The minimum Gasteiger partial charge on any atom is -0.497 e. The number of ether oxygens (including phenoxy) is 2. The summed E-state index contributed by atoms with van der Waals surface area (Å²) in [5.74, 6) is 0.386. The molecular formula is C13H19N3O3. The molecule has 0 saturated carbocycles. The molecule has 2 N–H and O–H groups in total. The van der Waals surface area contributed by atoms with E-state index >= 15 is 0 Å². The first-order valence-electron chi connectivity index (χ1n) is 6.25. The molecule has 2 heterocycles. The lowest BCUT2D eigenvalue weighted by molar-refractivity contribution is -0.136. The second-order valence-corrected chi connectivity index (χ2v) is 4.58. The van der Waals surface area contributed by atoms with E-state index in [1.807, 2.05) is 17.9 Å². The van der Waals surface area contributed by atoms with Gasteiger partial charge in [-0.25, -0.2) is 0 Å². The van der Waals surface area contributed by atoms with Crippen LogP contribution in [-0.4, -0.2) is 48.2 Å². The molecule has 0 aliphatic carbocycles. The predicted molar refractivity (Wildman–Crippen MR) is 69.6 cm³/mol. The van der Waals surface area contributed by atoms with Crippen LogP contribution in [0.5, 0.6) is 5.75 Å². The Balaban J connectivity index is 2.13. The Morgan fingerprint density at radius 2 is 2.47 bits per heavy atom. The SMILES string of the molecule is COc1ccnc(CN2CCO[C@H](C)[C@H]2C(N)=O)c1. The monoisotopic (exact) mass is 265 g/mol. The summed E-state index contributed by atoms with van der Waals surface area (Å²) in [6.07, 6.45) is 1.49. The second-order valence-electron chi connectivity index (χ2n) is 4.58. The van der Waals surface area contributed by atoms with Crippen molar-refractivity contribution >= 4 is 5.91 Å². The maximum absolute atomic E-state index is 11.5. The third-order valence-electron chi connectivity index (χ3n) is 3.28. The van der Waals surface area contributed by atoms with Gasteiger partial charge >= 0.3 is 0 Å². The molecule has 1 saturated heterocycles. The van der Waals surface area contributed by atoms with Gasteiger partial charge in [0.2, 0.25) is 5.91 Å². The van der Waals surface area contributed by atoms with E-state index in [2.05, 4.69) is 4.98 Å². The molecule has 0 aromatic carbocycles. The summed E-state index contributed by atoms with van der Waals surface area (Å²) in [6.45, 7) is 3.67. The lowest BCUT2D eigenvalue weighted by atomic mass is 10.1. The molecule has 1 aromatic rings. The van der Waals surface area contributed by atoms with Crippen LogP contribution in [0, 0.1) is 0 Å². The van der Waals surface area contributed by atoms with Gasteiger partial charge in [-0.1, -0.05) is 0 Å². The number of methoxy groups -OCH3 is 1. The van der Waals surface area contributed by atoms with E-state index in [0.29, 0.717) is 19.7 Å². The van der Waals surface area contributed by atoms with Crippen molar-refractivity contribution in [2.24, 2.45) is 5.73 Å². The first-order valence-corrected chi connectivity index (χ1v) is 6.25. The largest absolute Gasteiger partial charge is 0.497 e. The van der Waals surface area contributed by atoms with E-state index in [1.165, 1.54) is 0 Å². The van der Waals surface area contributed by atoms with Gasteiger partial charge in [0.25, 0.3) is 0 Å². The Morgan fingerprint density at radius 3 is 3.16 bits per heavy atom. The van der Waals surface area contributed by atoms with E-state index in [-0.39, 0.29) is 12.0 Å². The number of morpholine rings is 1. The fraction of sp³-hybridized carbons (Fsp3) is 0.538. The van der Waals surface area contributed by atoms with Gasteiger partial charge < -0.3 is 15.2 Å². The normalized spacial score (nSPS) is 24.1. The smallest absolute Gasteiger partial charge is 0.237 e. The van der Waals surface area contributed by atoms with E-state index < -0.39 is 6.04 Å². The van der Waals surface area contributed by atoms with Gasteiger partial charge in [0, 0.05) is 25.4 Å². The molecule has 6 nitrogen and oxygen atoms in total. The van der Waals surface area contributed by atoms with E-state index in [9.17, 15) is 4.79 Å². The molecule has 1 aromatic heterocycles. The zero-order chi connectivity index (χ0) is 13.8. The van der Waals surface area contributed by atoms with Crippen molar-refractivity contribution in [3.8, 4) is 5.75 Å². The van der Waals surface area contributed by atoms with Crippen molar-refractivity contribution in [3.63, 3.8) is 0 Å². The topological polar surface area (TPSA) is 77.7 Å². The minimum atomic E-state index is -0.415. The number of carbonyl (C=O) groups is 1. The Kier molecular flexibility index (Phi) is 4.34. The van der Waals surface area contributed by atoms with E-state index in [4.69, 9.17) is 15.2 Å². The summed E-state index contributed by atoms with van der Waals surface area (Å²) >= 11 is 0. The zero-order valence-corrected chi connectivity index (χ0v) is 11.2. The number of carbonyl (C=O) groups excluding carboxylic acids is 1. The van der Waals surface area contributed by atoms with Gasteiger partial charge in [0.05, 0.1) is 25.5 Å². The number of nitrogens with zero attached hydrogens (tertiary/aromatic N) is 2. The average molecular weight is 265 g/mol. The summed E-state index contributed by atoms with van der Waals surface area (Å²) in [7, 11) is 1.61. The zero-order valence-electron chi connectivity index (χ0n) is 11.2. The molecule has 0 radical (unpaired) electrons. The third kappa shape index (κ3) is 3.21. The van der Waals surface area contributed by atoms with Crippen LogP contribution in [0.25, 0.3) is 0 Å². The number of hydrogen-bond acceptors (Lipinski definition) is 5. The quantitative estimate of drug-likeness (QED) is 0.839. The van der Waals surface area contributed by atoms with Crippen molar-refractivity contribution < 1.29 is 14.3 Å². The number of primary amides is 1. The van der Waals surface area contributed by atoms with Crippen LogP contribution in [0.4, 0.5) is 0 Å². The van der Waals surface area contributed by atoms with Crippen molar-refractivity contribution in [2.75, 3.05) is 20.3 Å². The first-order chi connectivity index (χ1) is 9.11. The number of rotatable bonds is 4. The molecule has 0 spiro atoms. The van der Waals surface area contributed by atoms with Crippen molar-refractivity contribution in [3.05, 3.63) is 24.0 Å². The van der Waals surface area contributed by atoms with Gasteiger partial charge in [-0.15, -0.1) is 0 Å². The highest BCUT2D eigenvalue weighted by molar-refractivity contribution is 5.80. The molecule has 1 aliphatic rings. The summed E-state index contributed by atoms with van der Waals surface area (Å²) in [5, 5.41) is 0. The average Bonchev–Trinajstić information content (AvgIpc) is 2.38. The molecule has 104 valence electrons. The molecule has 0 unspecified atom stereocenters. The first kappa shape index (κ1) is 13.8. The lowest BCUT2D eigenvalue weighted by Gasteiger charge is -2.37. The van der Waals surface area contributed by atoms with Crippen LogP contribution in [0.2, 0.25) is 0 Å². The van der Waals surface area contributed by atoms with Gasteiger partial charge in [-0.3, -0.25) is 14.7 Å². The summed E-state index contributed by atoms with van der Waals surface area (Å²) in [5.41, 5.74) is 6.30. The van der Waals surface area contributed by atoms with E-state index in [0.717, 1.165) is 11.4 Å². The van der Waals surface area contributed by atoms with Crippen LogP contribution in [0.15, 0.2) is 18.3 Å². The number of amides is 1. The Labute approximate surface area is 112 Å². The number of aromatic nitrogens is 1. The van der Waals surface area contributed by atoms with Crippen LogP contribution in [-0.2, 0) is 16.1 Å². The van der Waals surface area contributed by atoms with Gasteiger partial charge in [0.1, 0.15) is 11.8 Å². The minimum absolute atomic E-state index is 0.197. The van der Waals surface area contributed by atoms with E-state index in [1.54, 1.807) is 19.4 Å². The van der Waals surface area contributed by atoms with Crippen LogP contribution in [0.3, 0.4) is 0 Å². The molecule has 1 amide bonds. The number of hydrogen-bond donors (Lipinski definition) is 1. The highest BCUT2D eigenvalue weighted by atomic mass is 16.5. The lowest BCUT2D eigenvalue weighted by Crippen LogP contribution is -2.56. The second kappa shape index (κ2) is 5.99. The molecule has 1 fully saturated rings. The number of pyridine rings is 1. The van der Waals surface area contributed by atoms with Crippen molar-refractivity contribution in [2.45, 2.75) is 25.6 Å². The standard InChI is InChI=1S/C13H19N3O3/c1-9-12(13(14)17)16(5-6-19-9)8-10-7-11(18-2)3-4-15-10/h3-4,7,9,12H,5-6,8H2,1-2H3,(H2,14,17)/t9-,12+/m1/s1. The van der Waals surface area contributed by atoms with Gasteiger partial charge in [-0.2, -0.15) is 0 Å². The van der Waals surface area contributed by atoms with Crippen molar-refractivity contribution in [1.82, 2.24) is 9.88 Å². The van der Waals surface area contributed by atoms with Gasteiger partial charge in [-0.05, 0) is 13.0 Å². The van der Waals surface area contributed by atoms with Crippen LogP contribution >= 0.6 is 0 Å². The molecule has 6 heteroatoms. The summed E-state index contributed by atoms with van der Waals surface area (Å²) in [6, 6.07) is 3.23. The summed E-state index contributed by atoms with van der Waals surface area (Å²) in [4.78, 5) is 17.8. The Bertz CT molecular complexity index is 453. The highest BCUT2D eigenvalue weighted by Gasteiger charge is 2.33. The maximum atomic E-state index is 11.5. The number of nitrogens with two attached hydrogens (primary N) is 1. The Morgan fingerprint density at radius 1 is 1.68 bits per heavy atom. The molecule has 2 atom stereocenters. The molecule has 19 heavy (non-hydrogen) atoms. The van der Waals surface area contributed by atoms with Crippen molar-refractivity contribution in [1.29, 1.82) is 0 Å². The predicted octanol–water partition coefficient (Wildman–Crippen LogP) is 0.165. The third-order valence-corrected chi connectivity index (χ3v) is 3.28.